The Morgan fingerprint density at radius 2 is 2.22 bits per heavy atom. The van der Waals surface area contributed by atoms with Crippen molar-refractivity contribution in [2.45, 2.75) is 19.9 Å². The number of hydrogen-bond acceptors (Lipinski definition) is 6. The van der Waals surface area contributed by atoms with Crippen molar-refractivity contribution in [3.05, 3.63) is 52.5 Å². The number of non-ortho nitro benzene ring substituents is 1. The summed E-state index contributed by atoms with van der Waals surface area (Å²) in [5.41, 5.74) is 2.53. The molecule has 0 atom stereocenters. The van der Waals surface area contributed by atoms with Gasteiger partial charge in [0.2, 0.25) is 0 Å². The van der Waals surface area contributed by atoms with Gasteiger partial charge in [-0.3, -0.25) is 19.8 Å². The van der Waals surface area contributed by atoms with Gasteiger partial charge in [0.05, 0.1) is 16.6 Å². The van der Waals surface area contributed by atoms with Crippen LogP contribution in [0.5, 0.6) is 0 Å². The molecule has 2 heterocycles. The summed E-state index contributed by atoms with van der Waals surface area (Å²) in [5, 5.41) is 22.7. The lowest BCUT2D eigenvalue weighted by Gasteiger charge is -2.10. The molecule has 118 valence electrons. The van der Waals surface area contributed by atoms with Crippen LogP contribution in [0.3, 0.4) is 0 Å². The quantitative estimate of drug-likeness (QED) is 0.426. The Bertz CT molecular complexity index is 831. The maximum Gasteiger partial charge on any atom is 0.270 e. The van der Waals surface area contributed by atoms with E-state index in [9.17, 15) is 10.1 Å². The number of pyridine rings is 1. The van der Waals surface area contributed by atoms with Crippen LogP contribution in [0.2, 0.25) is 0 Å². The Morgan fingerprint density at radius 3 is 2.96 bits per heavy atom. The molecule has 0 fully saturated rings. The van der Waals surface area contributed by atoms with E-state index in [-0.39, 0.29) is 5.69 Å². The van der Waals surface area contributed by atoms with Gasteiger partial charge in [-0.05, 0) is 25.5 Å². The van der Waals surface area contributed by atoms with Crippen LogP contribution in [0.1, 0.15) is 12.1 Å². The number of aryl methyl sites for hydroxylation is 2. The zero-order chi connectivity index (χ0) is 16.2. The van der Waals surface area contributed by atoms with E-state index in [4.69, 9.17) is 0 Å². The molecule has 1 aromatic carbocycles. The van der Waals surface area contributed by atoms with Gasteiger partial charge < -0.3 is 5.32 Å². The average molecular weight is 312 g/mol. The Balaban J connectivity index is 1.78. The monoisotopic (exact) mass is 312 g/mol. The minimum absolute atomic E-state index is 0.0637. The fourth-order valence-electron chi connectivity index (χ4n) is 2.42. The lowest BCUT2D eigenvalue weighted by molar-refractivity contribution is -0.384. The van der Waals surface area contributed by atoms with Crippen LogP contribution in [0, 0.1) is 17.0 Å². The molecule has 23 heavy (non-hydrogen) atoms. The first-order chi connectivity index (χ1) is 11.1. The van der Waals surface area contributed by atoms with Gasteiger partial charge >= 0.3 is 0 Å². The summed E-state index contributed by atoms with van der Waals surface area (Å²) < 4.78 is 1.77. The smallest absolute Gasteiger partial charge is 0.270 e. The van der Waals surface area contributed by atoms with E-state index < -0.39 is 4.92 Å². The van der Waals surface area contributed by atoms with Crippen molar-refractivity contribution in [2.75, 3.05) is 11.9 Å². The van der Waals surface area contributed by atoms with E-state index >= 15 is 0 Å². The fraction of sp³-hybridized carbons (Fsp3) is 0.267. The SMILES string of the molecule is Cc1cc(NCCCn2ccnn2)c2cc([N+](=O)[O-])ccc2n1. The summed E-state index contributed by atoms with van der Waals surface area (Å²) in [6, 6.07) is 6.62. The third kappa shape index (κ3) is 3.42. The minimum Gasteiger partial charge on any atom is -0.384 e. The molecule has 0 radical (unpaired) electrons. The number of fused-ring (bicyclic) bond motifs is 1. The minimum atomic E-state index is -0.395. The number of nitro groups is 1. The number of hydrogen-bond donors (Lipinski definition) is 1. The number of nitrogens with zero attached hydrogens (tertiary/aromatic N) is 5. The summed E-state index contributed by atoms with van der Waals surface area (Å²) in [5.74, 6) is 0. The molecule has 3 aromatic rings. The van der Waals surface area contributed by atoms with E-state index in [1.54, 1.807) is 23.0 Å². The first-order valence-electron chi connectivity index (χ1n) is 7.27. The van der Waals surface area contributed by atoms with Crippen molar-refractivity contribution >= 4 is 22.3 Å². The number of nitro benzene ring substituents is 1. The van der Waals surface area contributed by atoms with Crippen molar-refractivity contribution in [3.63, 3.8) is 0 Å². The summed E-state index contributed by atoms with van der Waals surface area (Å²) in [7, 11) is 0. The highest BCUT2D eigenvalue weighted by atomic mass is 16.6. The molecule has 0 aliphatic rings. The van der Waals surface area contributed by atoms with Gasteiger partial charge in [0, 0.05) is 48.2 Å². The number of rotatable bonds is 6. The predicted molar refractivity (Wildman–Crippen MR) is 86.3 cm³/mol. The van der Waals surface area contributed by atoms with Gasteiger partial charge in [0.1, 0.15) is 0 Å². The molecule has 1 N–H and O–H groups in total. The molecule has 0 saturated carbocycles. The predicted octanol–water partition coefficient (Wildman–Crippen LogP) is 2.55. The molecular weight excluding hydrogens is 296 g/mol. The Labute approximate surface area is 132 Å². The van der Waals surface area contributed by atoms with Crippen LogP contribution < -0.4 is 5.32 Å². The number of aromatic nitrogens is 4. The molecule has 8 heteroatoms. The zero-order valence-corrected chi connectivity index (χ0v) is 12.6. The topological polar surface area (TPSA) is 98.8 Å². The molecule has 0 amide bonds. The third-order valence-electron chi connectivity index (χ3n) is 3.48. The molecule has 0 unspecified atom stereocenters. The van der Waals surface area contributed by atoms with Crippen molar-refractivity contribution in [1.82, 2.24) is 20.0 Å². The lowest BCUT2D eigenvalue weighted by atomic mass is 10.1. The number of anilines is 1. The van der Waals surface area contributed by atoms with Crippen LogP contribution in [-0.2, 0) is 6.54 Å². The molecule has 0 spiro atoms. The summed E-state index contributed by atoms with van der Waals surface area (Å²) in [4.78, 5) is 15.0. The van der Waals surface area contributed by atoms with Gasteiger partial charge in [0.25, 0.3) is 5.69 Å². The highest BCUT2D eigenvalue weighted by Gasteiger charge is 2.10. The molecule has 2 aromatic heterocycles. The first kappa shape index (κ1) is 14.9. The van der Waals surface area contributed by atoms with E-state index in [1.807, 2.05) is 19.2 Å². The van der Waals surface area contributed by atoms with Crippen molar-refractivity contribution < 1.29 is 4.92 Å². The molecule has 3 rings (SSSR count). The van der Waals surface area contributed by atoms with Crippen molar-refractivity contribution in [1.29, 1.82) is 0 Å². The number of nitrogens with one attached hydrogen (secondary N) is 1. The lowest BCUT2D eigenvalue weighted by Crippen LogP contribution is -2.08. The van der Waals surface area contributed by atoms with Crippen LogP contribution in [0.15, 0.2) is 36.7 Å². The molecule has 0 aliphatic carbocycles. The molecular formula is C15H16N6O2. The van der Waals surface area contributed by atoms with Gasteiger partial charge in [-0.1, -0.05) is 5.21 Å². The van der Waals surface area contributed by atoms with E-state index in [0.717, 1.165) is 41.8 Å². The van der Waals surface area contributed by atoms with Gasteiger partial charge in [-0.15, -0.1) is 5.10 Å². The molecule has 8 nitrogen and oxygen atoms in total. The maximum atomic E-state index is 11.0. The zero-order valence-electron chi connectivity index (χ0n) is 12.6. The van der Waals surface area contributed by atoms with Crippen molar-refractivity contribution in [2.24, 2.45) is 0 Å². The van der Waals surface area contributed by atoms with Gasteiger partial charge in [0.15, 0.2) is 0 Å². The standard InChI is InChI=1S/C15H16N6O2/c1-11-9-15(16-5-2-7-20-8-6-17-19-20)13-10-12(21(22)23)3-4-14(13)18-11/h3-4,6,8-10H,2,5,7H2,1H3,(H,16,18). The first-order valence-corrected chi connectivity index (χ1v) is 7.27. The highest BCUT2D eigenvalue weighted by Crippen LogP contribution is 2.27. The fourth-order valence-corrected chi connectivity index (χ4v) is 2.42. The molecule has 0 saturated heterocycles. The summed E-state index contributed by atoms with van der Waals surface area (Å²) in [6.07, 6.45) is 4.32. The molecule has 0 aliphatic heterocycles. The van der Waals surface area contributed by atoms with Gasteiger partial charge in [-0.2, -0.15) is 0 Å². The van der Waals surface area contributed by atoms with E-state index in [1.165, 1.54) is 6.07 Å². The van der Waals surface area contributed by atoms with Crippen LogP contribution in [-0.4, -0.2) is 31.4 Å². The highest BCUT2D eigenvalue weighted by molar-refractivity contribution is 5.93. The van der Waals surface area contributed by atoms with Gasteiger partial charge in [-0.25, -0.2) is 0 Å². The Kier molecular flexibility index (Phi) is 4.13. The summed E-state index contributed by atoms with van der Waals surface area (Å²) in [6.45, 7) is 3.39. The van der Waals surface area contributed by atoms with Crippen LogP contribution >= 0.6 is 0 Å². The second-order valence-electron chi connectivity index (χ2n) is 5.22. The second-order valence-corrected chi connectivity index (χ2v) is 5.22. The van der Waals surface area contributed by atoms with Crippen LogP contribution in [0.25, 0.3) is 10.9 Å². The Hall–Kier alpha value is -3.03. The molecule has 0 bridgehead atoms. The summed E-state index contributed by atoms with van der Waals surface area (Å²) >= 11 is 0. The van der Waals surface area contributed by atoms with Crippen molar-refractivity contribution in [3.8, 4) is 0 Å². The number of benzene rings is 1. The average Bonchev–Trinajstić information content (AvgIpc) is 3.04. The third-order valence-corrected chi connectivity index (χ3v) is 3.48. The second kappa shape index (κ2) is 6.39. The van der Waals surface area contributed by atoms with E-state index in [0.29, 0.717) is 0 Å². The largest absolute Gasteiger partial charge is 0.384 e. The normalized spacial score (nSPS) is 10.8. The van der Waals surface area contributed by atoms with Crippen LogP contribution in [0.4, 0.5) is 11.4 Å². The van der Waals surface area contributed by atoms with E-state index in [2.05, 4.69) is 20.6 Å². The maximum absolute atomic E-state index is 11.0. The Morgan fingerprint density at radius 1 is 1.35 bits per heavy atom.